The fourth-order valence-corrected chi connectivity index (χ4v) is 3.41. The minimum absolute atomic E-state index is 0.360. The summed E-state index contributed by atoms with van der Waals surface area (Å²) in [4.78, 5) is 2.25. The van der Waals surface area contributed by atoms with Crippen molar-refractivity contribution in [3.05, 3.63) is 52.8 Å². The highest BCUT2D eigenvalue weighted by Crippen LogP contribution is 2.37. The van der Waals surface area contributed by atoms with Gasteiger partial charge in [-0.2, -0.15) is 5.10 Å². The van der Waals surface area contributed by atoms with Crippen LogP contribution in [0.15, 0.2) is 36.7 Å². The summed E-state index contributed by atoms with van der Waals surface area (Å²) in [6.07, 6.45) is 6.47. The van der Waals surface area contributed by atoms with Crippen LogP contribution in [0.25, 0.3) is 0 Å². The van der Waals surface area contributed by atoms with Crippen molar-refractivity contribution >= 4 is 11.6 Å². The van der Waals surface area contributed by atoms with Crippen molar-refractivity contribution in [1.29, 1.82) is 0 Å². The third-order valence-electron chi connectivity index (χ3n) is 4.81. The molecule has 1 N–H and O–H groups in total. The lowest BCUT2D eigenvalue weighted by molar-refractivity contribution is 0.237. The Labute approximate surface area is 143 Å². The van der Waals surface area contributed by atoms with Crippen LogP contribution >= 0.6 is 11.6 Å². The molecule has 1 aromatic carbocycles. The zero-order chi connectivity index (χ0) is 16.4. The number of nitrogens with zero attached hydrogens (tertiary/aromatic N) is 3. The maximum atomic E-state index is 5.96. The first-order valence-electron chi connectivity index (χ1n) is 8.16. The van der Waals surface area contributed by atoms with Crippen LogP contribution in [0.4, 0.5) is 0 Å². The van der Waals surface area contributed by atoms with Crippen molar-refractivity contribution in [2.24, 2.45) is 7.05 Å². The first-order chi connectivity index (χ1) is 11.0. The molecule has 1 aliphatic rings. The smallest absolute Gasteiger partial charge is 0.0538 e. The molecule has 1 atom stereocenters. The molecule has 23 heavy (non-hydrogen) atoms. The van der Waals surface area contributed by atoms with Gasteiger partial charge in [-0.15, -0.1) is 0 Å². The molecule has 2 aromatic rings. The molecule has 1 heterocycles. The molecule has 0 spiro atoms. The number of likely N-dealkylation sites (N-methyl/N-ethyl adjacent to an activating group) is 1. The Kier molecular flexibility index (Phi) is 5.05. The average Bonchev–Trinajstić information content (AvgIpc) is 2.88. The normalized spacial score (nSPS) is 22.1. The van der Waals surface area contributed by atoms with Gasteiger partial charge in [-0.25, -0.2) is 0 Å². The van der Waals surface area contributed by atoms with E-state index >= 15 is 0 Å². The van der Waals surface area contributed by atoms with Gasteiger partial charge in [0.2, 0.25) is 0 Å². The highest BCUT2D eigenvalue weighted by Gasteiger charge is 2.30. The van der Waals surface area contributed by atoms with Crippen LogP contribution < -0.4 is 5.32 Å². The fraction of sp³-hybridized carbons (Fsp3) is 0.500. The summed E-state index contributed by atoms with van der Waals surface area (Å²) in [5.41, 5.74) is 2.67. The summed E-state index contributed by atoms with van der Waals surface area (Å²) < 4.78 is 1.87. The topological polar surface area (TPSA) is 33.1 Å². The van der Waals surface area contributed by atoms with E-state index < -0.39 is 0 Å². The lowest BCUT2D eigenvalue weighted by Crippen LogP contribution is -2.43. The van der Waals surface area contributed by atoms with Gasteiger partial charge in [0.25, 0.3) is 0 Å². The Morgan fingerprint density at radius 1 is 1.30 bits per heavy atom. The summed E-state index contributed by atoms with van der Waals surface area (Å²) in [5.74, 6) is 0.668. The number of halogens is 1. The predicted octanol–water partition coefficient (Wildman–Crippen LogP) is 3.21. The SMILES string of the molecule is CN(C)[C@@H](CNC1CC(c2ccc(Cl)cc2)C1)c1cnn(C)c1. The second-order valence-corrected chi connectivity index (χ2v) is 7.19. The third-order valence-corrected chi connectivity index (χ3v) is 5.06. The standard InChI is InChI=1S/C18H25ClN4/c1-22(2)18(15-10-21-23(3)12-15)11-20-17-8-14(9-17)13-4-6-16(19)7-5-13/h4-7,10,12,14,17-18,20H,8-9,11H2,1-3H3/t14?,17?,18-/m0/s1. The second kappa shape index (κ2) is 7.04. The van der Waals surface area contributed by atoms with Gasteiger partial charge in [0.1, 0.15) is 0 Å². The number of benzene rings is 1. The minimum atomic E-state index is 0.360. The van der Waals surface area contributed by atoms with Gasteiger partial charge >= 0.3 is 0 Å². The molecule has 0 unspecified atom stereocenters. The van der Waals surface area contributed by atoms with Gasteiger partial charge in [0.05, 0.1) is 6.20 Å². The first kappa shape index (κ1) is 16.5. The van der Waals surface area contributed by atoms with E-state index in [2.05, 4.69) is 47.7 Å². The maximum Gasteiger partial charge on any atom is 0.0538 e. The summed E-state index contributed by atoms with van der Waals surface area (Å²) in [7, 11) is 6.21. The van der Waals surface area contributed by atoms with Gasteiger partial charge in [-0.1, -0.05) is 23.7 Å². The third kappa shape index (κ3) is 3.94. The summed E-state index contributed by atoms with van der Waals surface area (Å²) in [6, 6.07) is 9.25. The van der Waals surface area contributed by atoms with Crippen LogP contribution in [-0.4, -0.2) is 41.4 Å². The molecule has 0 bridgehead atoms. The Morgan fingerprint density at radius 3 is 2.57 bits per heavy atom. The molecular weight excluding hydrogens is 308 g/mol. The van der Waals surface area contributed by atoms with E-state index in [4.69, 9.17) is 11.6 Å². The Balaban J connectivity index is 1.50. The lowest BCUT2D eigenvalue weighted by atomic mass is 9.76. The quantitative estimate of drug-likeness (QED) is 0.881. The zero-order valence-corrected chi connectivity index (χ0v) is 14.8. The Morgan fingerprint density at radius 2 is 2.00 bits per heavy atom. The van der Waals surface area contributed by atoms with Crippen LogP contribution in [0.1, 0.15) is 35.9 Å². The van der Waals surface area contributed by atoms with Gasteiger partial charge in [-0.05, 0) is 50.6 Å². The van der Waals surface area contributed by atoms with Crippen molar-refractivity contribution in [1.82, 2.24) is 20.0 Å². The lowest BCUT2D eigenvalue weighted by Gasteiger charge is -2.38. The average molecular weight is 333 g/mol. The molecular formula is C18H25ClN4. The number of aromatic nitrogens is 2. The molecule has 0 radical (unpaired) electrons. The highest BCUT2D eigenvalue weighted by molar-refractivity contribution is 6.30. The monoisotopic (exact) mass is 332 g/mol. The molecule has 4 nitrogen and oxygen atoms in total. The first-order valence-corrected chi connectivity index (χ1v) is 8.54. The van der Waals surface area contributed by atoms with Crippen LogP contribution in [0.3, 0.4) is 0 Å². The van der Waals surface area contributed by atoms with Crippen molar-refractivity contribution in [2.45, 2.75) is 30.8 Å². The van der Waals surface area contributed by atoms with Gasteiger partial charge in [-0.3, -0.25) is 4.68 Å². The minimum Gasteiger partial charge on any atom is -0.312 e. The van der Waals surface area contributed by atoms with E-state index in [9.17, 15) is 0 Å². The predicted molar refractivity (Wildman–Crippen MR) is 94.9 cm³/mol. The van der Waals surface area contributed by atoms with Gasteiger partial charge in [0.15, 0.2) is 0 Å². The van der Waals surface area contributed by atoms with Crippen molar-refractivity contribution in [2.75, 3.05) is 20.6 Å². The number of hydrogen-bond acceptors (Lipinski definition) is 3. The van der Waals surface area contributed by atoms with E-state index in [-0.39, 0.29) is 0 Å². The molecule has 0 aliphatic heterocycles. The van der Waals surface area contributed by atoms with E-state index in [1.54, 1.807) is 0 Å². The molecule has 1 fully saturated rings. The summed E-state index contributed by atoms with van der Waals surface area (Å²) >= 11 is 5.96. The van der Waals surface area contributed by atoms with Crippen LogP contribution in [-0.2, 0) is 7.05 Å². The summed E-state index contributed by atoms with van der Waals surface area (Å²) in [6.45, 7) is 0.955. The molecule has 0 amide bonds. The summed E-state index contributed by atoms with van der Waals surface area (Å²) in [5, 5.41) is 8.82. The number of nitrogens with one attached hydrogen (secondary N) is 1. The molecule has 1 aromatic heterocycles. The Hall–Kier alpha value is -1.36. The highest BCUT2D eigenvalue weighted by atomic mass is 35.5. The number of rotatable bonds is 6. The molecule has 0 saturated heterocycles. The largest absolute Gasteiger partial charge is 0.312 e. The second-order valence-electron chi connectivity index (χ2n) is 6.75. The molecule has 1 saturated carbocycles. The molecule has 1 aliphatic carbocycles. The zero-order valence-electron chi connectivity index (χ0n) is 14.0. The fourth-order valence-electron chi connectivity index (χ4n) is 3.28. The van der Waals surface area contributed by atoms with Crippen molar-refractivity contribution in [3.63, 3.8) is 0 Å². The van der Waals surface area contributed by atoms with Crippen molar-refractivity contribution < 1.29 is 0 Å². The van der Waals surface area contributed by atoms with Crippen LogP contribution in [0.5, 0.6) is 0 Å². The van der Waals surface area contributed by atoms with E-state index in [1.165, 1.54) is 24.0 Å². The van der Waals surface area contributed by atoms with E-state index in [0.29, 0.717) is 18.0 Å². The van der Waals surface area contributed by atoms with Gasteiger partial charge < -0.3 is 10.2 Å². The van der Waals surface area contributed by atoms with Crippen molar-refractivity contribution in [3.8, 4) is 0 Å². The maximum absolute atomic E-state index is 5.96. The van der Waals surface area contributed by atoms with Gasteiger partial charge in [0, 0.05) is 42.5 Å². The number of aryl methyl sites for hydroxylation is 1. The van der Waals surface area contributed by atoms with Crippen LogP contribution in [0.2, 0.25) is 5.02 Å². The van der Waals surface area contributed by atoms with Crippen LogP contribution in [0, 0.1) is 0 Å². The molecule has 124 valence electrons. The Bertz CT molecular complexity index is 629. The van der Waals surface area contributed by atoms with E-state index in [1.807, 2.05) is 30.1 Å². The molecule has 5 heteroatoms. The number of hydrogen-bond donors (Lipinski definition) is 1. The molecule has 3 rings (SSSR count). The van der Waals surface area contributed by atoms with E-state index in [0.717, 1.165) is 11.6 Å².